The van der Waals surface area contributed by atoms with Gasteiger partial charge in [0.05, 0.1) is 5.56 Å². The Kier molecular flexibility index (Phi) is 2.96. The summed E-state index contributed by atoms with van der Waals surface area (Å²) in [4.78, 5) is 0. The molecule has 16 heavy (non-hydrogen) atoms. The maximum absolute atomic E-state index is 12.6. The SMILES string of the molecule is Cc1cc(C2CCCC2)ccc1C(F)(F)F. The summed E-state index contributed by atoms with van der Waals surface area (Å²) in [5.41, 5.74) is 0.911. The summed E-state index contributed by atoms with van der Waals surface area (Å²) in [7, 11) is 0. The largest absolute Gasteiger partial charge is 0.416 e. The second-order valence-electron chi connectivity index (χ2n) is 4.55. The summed E-state index contributed by atoms with van der Waals surface area (Å²) in [6.07, 6.45) is 0.406. The fraction of sp³-hybridized carbons (Fsp3) is 0.538. The van der Waals surface area contributed by atoms with Crippen LogP contribution in [0.2, 0.25) is 0 Å². The van der Waals surface area contributed by atoms with E-state index in [0.717, 1.165) is 18.4 Å². The number of halogens is 3. The first-order valence-electron chi connectivity index (χ1n) is 5.66. The molecule has 0 aliphatic heterocycles. The molecule has 0 bridgehead atoms. The van der Waals surface area contributed by atoms with Crippen LogP contribution in [0.5, 0.6) is 0 Å². The highest BCUT2D eigenvalue weighted by molar-refractivity contribution is 5.35. The molecule has 2 rings (SSSR count). The van der Waals surface area contributed by atoms with Gasteiger partial charge in [-0.3, -0.25) is 0 Å². The first kappa shape index (κ1) is 11.5. The van der Waals surface area contributed by atoms with E-state index >= 15 is 0 Å². The number of alkyl halides is 3. The number of hydrogen-bond acceptors (Lipinski definition) is 0. The number of aryl methyl sites for hydroxylation is 1. The van der Waals surface area contributed by atoms with Gasteiger partial charge < -0.3 is 0 Å². The van der Waals surface area contributed by atoms with Gasteiger partial charge in [0, 0.05) is 0 Å². The van der Waals surface area contributed by atoms with Crippen LogP contribution in [0.1, 0.15) is 48.3 Å². The van der Waals surface area contributed by atoms with E-state index in [9.17, 15) is 13.2 Å². The lowest BCUT2D eigenvalue weighted by atomic mass is 9.94. The minimum Gasteiger partial charge on any atom is -0.166 e. The molecule has 0 spiro atoms. The summed E-state index contributed by atoms with van der Waals surface area (Å²) in [6.45, 7) is 1.54. The Balaban J connectivity index is 2.29. The van der Waals surface area contributed by atoms with Crippen LogP contribution in [0.4, 0.5) is 13.2 Å². The van der Waals surface area contributed by atoms with Crippen LogP contribution < -0.4 is 0 Å². The van der Waals surface area contributed by atoms with E-state index in [2.05, 4.69) is 0 Å². The molecule has 0 nitrogen and oxygen atoms in total. The van der Waals surface area contributed by atoms with Crippen LogP contribution in [-0.4, -0.2) is 0 Å². The summed E-state index contributed by atoms with van der Waals surface area (Å²) in [6, 6.07) is 4.58. The van der Waals surface area contributed by atoms with Crippen molar-refractivity contribution in [1.29, 1.82) is 0 Å². The molecule has 0 atom stereocenters. The lowest BCUT2D eigenvalue weighted by Crippen LogP contribution is -2.08. The highest BCUT2D eigenvalue weighted by atomic mass is 19.4. The van der Waals surface area contributed by atoms with Crippen molar-refractivity contribution < 1.29 is 13.2 Å². The highest BCUT2D eigenvalue weighted by Gasteiger charge is 2.32. The summed E-state index contributed by atoms with van der Waals surface area (Å²) >= 11 is 0. The first-order valence-corrected chi connectivity index (χ1v) is 5.66. The van der Waals surface area contributed by atoms with Crippen LogP contribution in [0, 0.1) is 6.92 Å². The first-order chi connectivity index (χ1) is 7.48. The zero-order valence-electron chi connectivity index (χ0n) is 9.27. The summed E-state index contributed by atoms with van der Waals surface area (Å²) in [5, 5.41) is 0. The molecule has 1 saturated carbocycles. The van der Waals surface area contributed by atoms with Crippen molar-refractivity contribution in [2.24, 2.45) is 0 Å². The van der Waals surface area contributed by atoms with Gasteiger partial charge in [-0.15, -0.1) is 0 Å². The van der Waals surface area contributed by atoms with E-state index in [0.29, 0.717) is 11.5 Å². The van der Waals surface area contributed by atoms with Crippen LogP contribution >= 0.6 is 0 Å². The molecular weight excluding hydrogens is 213 g/mol. The van der Waals surface area contributed by atoms with Gasteiger partial charge >= 0.3 is 6.18 Å². The Bertz CT molecular complexity index is 373. The summed E-state index contributed by atoms with van der Waals surface area (Å²) < 4.78 is 37.7. The van der Waals surface area contributed by atoms with Gasteiger partial charge in [0.2, 0.25) is 0 Å². The minimum atomic E-state index is -4.22. The number of rotatable bonds is 1. The van der Waals surface area contributed by atoms with Crippen molar-refractivity contribution in [3.05, 3.63) is 34.9 Å². The highest BCUT2D eigenvalue weighted by Crippen LogP contribution is 2.37. The second kappa shape index (κ2) is 4.11. The lowest BCUT2D eigenvalue weighted by molar-refractivity contribution is -0.138. The van der Waals surface area contributed by atoms with E-state index < -0.39 is 11.7 Å². The Labute approximate surface area is 93.5 Å². The van der Waals surface area contributed by atoms with E-state index in [4.69, 9.17) is 0 Å². The van der Waals surface area contributed by atoms with Gasteiger partial charge in [0.25, 0.3) is 0 Å². The maximum atomic E-state index is 12.6. The molecular formula is C13H15F3. The molecule has 88 valence electrons. The smallest absolute Gasteiger partial charge is 0.166 e. The van der Waals surface area contributed by atoms with Gasteiger partial charge in [-0.05, 0) is 42.9 Å². The van der Waals surface area contributed by atoms with Gasteiger partial charge in [-0.1, -0.05) is 25.0 Å². The van der Waals surface area contributed by atoms with Crippen molar-refractivity contribution in [3.63, 3.8) is 0 Å². The van der Waals surface area contributed by atoms with Crippen LogP contribution in [0.15, 0.2) is 18.2 Å². The quantitative estimate of drug-likeness (QED) is 0.655. The predicted molar refractivity (Wildman–Crippen MR) is 57.4 cm³/mol. The molecule has 1 aromatic rings. The van der Waals surface area contributed by atoms with Crippen molar-refractivity contribution in [2.75, 3.05) is 0 Å². The molecule has 0 unspecified atom stereocenters. The fourth-order valence-electron chi connectivity index (χ4n) is 2.52. The van der Waals surface area contributed by atoms with Crippen LogP contribution in [0.3, 0.4) is 0 Å². The number of hydrogen-bond donors (Lipinski definition) is 0. The molecule has 0 radical (unpaired) electrons. The van der Waals surface area contributed by atoms with Gasteiger partial charge in [0.1, 0.15) is 0 Å². The standard InChI is InChI=1S/C13H15F3/c1-9-8-11(10-4-2-3-5-10)6-7-12(9)13(14,15)16/h6-8,10H,2-5H2,1H3. The molecule has 0 N–H and O–H groups in total. The fourth-order valence-corrected chi connectivity index (χ4v) is 2.52. The second-order valence-corrected chi connectivity index (χ2v) is 4.55. The predicted octanol–water partition coefficient (Wildman–Crippen LogP) is 4.67. The molecule has 3 heteroatoms. The maximum Gasteiger partial charge on any atom is 0.416 e. The Morgan fingerprint density at radius 2 is 1.75 bits per heavy atom. The van der Waals surface area contributed by atoms with Crippen molar-refractivity contribution in [1.82, 2.24) is 0 Å². The molecule has 1 aliphatic rings. The Hall–Kier alpha value is -0.990. The molecule has 1 fully saturated rings. The van der Waals surface area contributed by atoms with E-state index in [-0.39, 0.29) is 0 Å². The third kappa shape index (κ3) is 2.23. The zero-order chi connectivity index (χ0) is 11.8. The molecule has 1 aromatic carbocycles. The van der Waals surface area contributed by atoms with Gasteiger partial charge in [-0.2, -0.15) is 13.2 Å². The lowest BCUT2D eigenvalue weighted by Gasteiger charge is -2.14. The summed E-state index contributed by atoms with van der Waals surface area (Å²) in [5.74, 6) is 0.473. The molecule has 0 amide bonds. The monoisotopic (exact) mass is 228 g/mol. The van der Waals surface area contributed by atoms with Crippen LogP contribution in [0.25, 0.3) is 0 Å². The minimum absolute atomic E-state index is 0.344. The molecule has 1 aliphatic carbocycles. The van der Waals surface area contributed by atoms with Gasteiger partial charge in [0.15, 0.2) is 0 Å². The van der Waals surface area contributed by atoms with E-state index in [1.54, 1.807) is 19.1 Å². The normalized spacial score (nSPS) is 18.0. The zero-order valence-corrected chi connectivity index (χ0v) is 9.27. The van der Waals surface area contributed by atoms with Gasteiger partial charge in [-0.25, -0.2) is 0 Å². The molecule has 0 heterocycles. The van der Waals surface area contributed by atoms with Crippen molar-refractivity contribution in [2.45, 2.75) is 44.7 Å². The third-order valence-corrected chi connectivity index (χ3v) is 3.38. The Morgan fingerprint density at radius 1 is 1.12 bits per heavy atom. The number of benzene rings is 1. The van der Waals surface area contributed by atoms with Crippen LogP contribution in [-0.2, 0) is 6.18 Å². The average molecular weight is 228 g/mol. The Morgan fingerprint density at radius 3 is 2.25 bits per heavy atom. The molecule has 0 aromatic heterocycles. The van der Waals surface area contributed by atoms with E-state index in [1.807, 2.05) is 0 Å². The van der Waals surface area contributed by atoms with E-state index in [1.165, 1.54) is 18.9 Å². The van der Waals surface area contributed by atoms with Crippen molar-refractivity contribution >= 4 is 0 Å². The van der Waals surface area contributed by atoms with Crippen molar-refractivity contribution in [3.8, 4) is 0 Å². The average Bonchev–Trinajstić information content (AvgIpc) is 2.68. The third-order valence-electron chi connectivity index (χ3n) is 3.38. The topological polar surface area (TPSA) is 0 Å². The molecule has 0 saturated heterocycles.